The molecule has 0 heterocycles. The summed E-state index contributed by atoms with van der Waals surface area (Å²) in [5.41, 5.74) is 3.70. The van der Waals surface area contributed by atoms with E-state index in [0.29, 0.717) is 13.2 Å². The molecule has 0 saturated carbocycles. The van der Waals surface area contributed by atoms with Crippen molar-refractivity contribution >= 4 is 5.69 Å². The minimum atomic E-state index is -0.518. The minimum absolute atomic E-state index is 0.293. The molecule has 23 heavy (non-hydrogen) atoms. The third-order valence-corrected chi connectivity index (χ3v) is 3.65. The number of hydrogen-bond donors (Lipinski definition) is 3. The Morgan fingerprint density at radius 1 is 0.957 bits per heavy atom. The summed E-state index contributed by atoms with van der Waals surface area (Å²) in [6.45, 7) is 6.62. The number of rotatable bonds is 9. The van der Waals surface area contributed by atoms with Gasteiger partial charge in [-0.3, -0.25) is 0 Å². The smallest absolute Gasteiger partial charge is 0.119 e. The summed E-state index contributed by atoms with van der Waals surface area (Å²) in [6, 6.07) is 15.8. The maximum absolute atomic E-state index is 9.91. The molecule has 3 N–H and O–H groups in total. The van der Waals surface area contributed by atoms with Crippen molar-refractivity contribution in [2.75, 3.05) is 31.6 Å². The van der Waals surface area contributed by atoms with E-state index in [0.717, 1.165) is 18.8 Å². The van der Waals surface area contributed by atoms with Gasteiger partial charge in [0.05, 0.1) is 0 Å². The summed E-state index contributed by atoms with van der Waals surface area (Å²) in [5, 5.41) is 16.6. The van der Waals surface area contributed by atoms with Crippen LogP contribution in [0.4, 0.5) is 5.69 Å². The molecule has 1 atom stereocenters. The van der Waals surface area contributed by atoms with E-state index in [4.69, 9.17) is 4.74 Å². The lowest BCUT2D eigenvalue weighted by Gasteiger charge is -2.15. The van der Waals surface area contributed by atoms with Crippen LogP contribution in [0.1, 0.15) is 11.1 Å². The van der Waals surface area contributed by atoms with Crippen LogP contribution < -0.4 is 15.4 Å². The van der Waals surface area contributed by atoms with Gasteiger partial charge in [-0.15, -0.1) is 0 Å². The molecule has 0 aliphatic carbocycles. The summed E-state index contributed by atoms with van der Waals surface area (Å²) >= 11 is 0. The first-order valence-corrected chi connectivity index (χ1v) is 8.03. The van der Waals surface area contributed by atoms with E-state index in [1.165, 1.54) is 16.8 Å². The molecule has 0 spiro atoms. The number of aliphatic hydroxyl groups excluding tert-OH is 1. The Balaban J connectivity index is 1.60. The normalized spacial score (nSPS) is 12.0. The Hall–Kier alpha value is -2.04. The highest BCUT2D eigenvalue weighted by Gasteiger charge is 2.05. The first-order chi connectivity index (χ1) is 11.2. The summed E-state index contributed by atoms with van der Waals surface area (Å²) in [4.78, 5) is 0. The molecule has 0 aliphatic rings. The summed E-state index contributed by atoms with van der Waals surface area (Å²) in [7, 11) is 0. The lowest BCUT2D eigenvalue weighted by atomic mass is 10.1. The van der Waals surface area contributed by atoms with Crippen molar-refractivity contribution in [1.29, 1.82) is 0 Å². The average Bonchev–Trinajstić information content (AvgIpc) is 2.56. The van der Waals surface area contributed by atoms with E-state index in [2.05, 4.69) is 42.7 Å². The van der Waals surface area contributed by atoms with Crippen molar-refractivity contribution in [3.63, 3.8) is 0 Å². The van der Waals surface area contributed by atoms with Gasteiger partial charge < -0.3 is 20.5 Å². The van der Waals surface area contributed by atoms with Crippen LogP contribution in [0, 0.1) is 13.8 Å². The molecule has 2 aromatic carbocycles. The lowest BCUT2D eigenvalue weighted by Crippen LogP contribution is -2.34. The predicted octanol–water partition coefficient (Wildman–Crippen LogP) is 2.74. The van der Waals surface area contributed by atoms with Crippen LogP contribution in [0.5, 0.6) is 5.75 Å². The molecule has 0 aromatic heterocycles. The Morgan fingerprint density at radius 2 is 1.65 bits per heavy atom. The van der Waals surface area contributed by atoms with Gasteiger partial charge in [0.1, 0.15) is 18.5 Å². The Morgan fingerprint density at radius 3 is 2.35 bits per heavy atom. The van der Waals surface area contributed by atoms with Crippen LogP contribution in [0.2, 0.25) is 0 Å². The fourth-order valence-corrected chi connectivity index (χ4v) is 2.41. The molecule has 0 radical (unpaired) electrons. The van der Waals surface area contributed by atoms with E-state index >= 15 is 0 Å². The quantitative estimate of drug-likeness (QED) is 0.623. The van der Waals surface area contributed by atoms with Gasteiger partial charge in [-0.1, -0.05) is 36.4 Å². The van der Waals surface area contributed by atoms with Gasteiger partial charge in [-0.2, -0.15) is 0 Å². The molecule has 124 valence electrons. The van der Waals surface area contributed by atoms with Gasteiger partial charge in [-0.05, 0) is 37.1 Å². The number of aryl methyl sites for hydroxylation is 2. The molecular weight excluding hydrogens is 288 g/mol. The van der Waals surface area contributed by atoms with Crippen LogP contribution in [-0.4, -0.2) is 37.5 Å². The van der Waals surface area contributed by atoms with Crippen molar-refractivity contribution in [3.05, 3.63) is 59.7 Å². The maximum atomic E-state index is 9.91. The molecule has 4 heteroatoms. The molecule has 2 aromatic rings. The van der Waals surface area contributed by atoms with Gasteiger partial charge in [0.2, 0.25) is 0 Å². The third-order valence-electron chi connectivity index (χ3n) is 3.65. The number of hydrogen-bond acceptors (Lipinski definition) is 4. The second kappa shape index (κ2) is 9.18. The van der Waals surface area contributed by atoms with Crippen LogP contribution >= 0.6 is 0 Å². The standard InChI is InChI=1S/C19H26N2O2/c1-15-7-6-8-16(2)19(15)21-12-11-20-13-17(22)14-23-18-9-4-3-5-10-18/h3-10,17,20-22H,11-14H2,1-2H3/t17-/m1/s1. The number of anilines is 1. The fraction of sp³-hybridized carbons (Fsp3) is 0.368. The number of benzene rings is 2. The second-order valence-corrected chi connectivity index (χ2v) is 5.68. The highest BCUT2D eigenvalue weighted by atomic mass is 16.5. The Labute approximate surface area is 138 Å². The van der Waals surface area contributed by atoms with Crippen LogP contribution in [0.25, 0.3) is 0 Å². The zero-order valence-electron chi connectivity index (χ0n) is 13.9. The SMILES string of the molecule is Cc1cccc(C)c1NCCNC[C@@H](O)COc1ccccc1. The van der Waals surface area contributed by atoms with E-state index in [1.807, 2.05) is 30.3 Å². The third kappa shape index (κ3) is 5.93. The zero-order valence-corrected chi connectivity index (χ0v) is 13.9. The van der Waals surface area contributed by atoms with E-state index in [1.54, 1.807) is 0 Å². The number of para-hydroxylation sites is 2. The molecule has 0 unspecified atom stereocenters. The average molecular weight is 314 g/mol. The molecular formula is C19H26N2O2. The maximum Gasteiger partial charge on any atom is 0.119 e. The number of aliphatic hydroxyl groups is 1. The summed E-state index contributed by atoms with van der Waals surface area (Å²) in [6.07, 6.45) is -0.518. The van der Waals surface area contributed by atoms with Gasteiger partial charge in [-0.25, -0.2) is 0 Å². The lowest BCUT2D eigenvalue weighted by molar-refractivity contribution is 0.107. The van der Waals surface area contributed by atoms with E-state index in [-0.39, 0.29) is 0 Å². The summed E-state index contributed by atoms with van der Waals surface area (Å²) in [5.74, 6) is 0.781. The second-order valence-electron chi connectivity index (χ2n) is 5.68. The summed E-state index contributed by atoms with van der Waals surface area (Å²) < 4.78 is 5.52. The Kier molecular flexibility index (Phi) is 6.91. The van der Waals surface area contributed by atoms with Gasteiger partial charge in [0.25, 0.3) is 0 Å². The van der Waals surface area contributed by atoms with Crippen molar-refractivity contribution in [3.8, 4) is 5.75 Å². The number of nitrogens with one attached hydrogen (secondary N) is 2. The molecule has 0 fully saturated rings. The van der Waals surface area contributed by atoms with Crippen LogP contribution in [0.3, 0.4) is 0 Å². The van der Waals surface area contributed by atoms with Crippen molar-refractivity contribution in [2.45, 2.75) is 20.0 Å². The van der Waals surface area contributed by atoms with Gasteiger partial charge in [0.15, 0.2) is 0 Å². The van der Waals surface area contributed by atoms with Crippen molar-refractivity contribution < 1.29 is 9.84 Å². The molecule has 0 amide bonds. The molecule has 0 bridgehead atoms. The largest absolute Gasteiger partial charge is 0.491 e. The molecule has 0 aliphatic heterocycles. The monoisotopic (exact) mass is 314 g/mol. The van der Waals surface area contributed by atoms with E-state index < -0.39 is 6.10 Å². The van der Waals surface area contributed by atoms with E-state index in [9.17, 15) is 5.11 Å². The van der Waals surface area contributed by atoms with Crippen LogP contribution in [-0.2, 0) is 0 Å². The molecule has 2 rings (SSSR count). The van der Waals surface area contributed by atoms with Crippen molar-refractivity contribution in [2.24, 2.45) is 0 Å². The fourth-order valence-electron chi connectivity index (χ4n) is 2.41. The highest BCUT2D eigenvalue weighted by molar-refractivity contribution is 5.56. The van der Waals surface area contributed by atoms with Crippen molar-refractivity contribution in [1.82, 2.24) is 5.32 Å². The first-order valence-electron chi connectivity index (χ1n) is 8.03. The minimum Gasteiger partial charge on any atom is -0.491 e. The Bertz CT molecular complexity index is 567. The number of ether oxygens (including phenoxy) is 1. The van der Waals surface area contributed by atoms with Gasteiger partial charge >= 0.3 is 0 Å². The van der Waals surface area contributed by atoms with Gasteiger partial charge in [0, 0.05) is 25.3 Å². The van der Waals surface area contributed by atoms with Crippen LogP contribution in [0.15, 0.2) is 48.5 Å². The molecule has 0 saturated heterocycles. The first kappa shape index (κ1) is 17.3. The molecule has 4 nitrogen and oxygen atoms in total. The highest BCUT2D eigenvalue weighted by Crippen LogP contribution is 2.18. The zero-order chi connectivity index (χ0) is 16.5. The topological polar surface area (TPSA) is 53.5 Å². The predicted molar refractivity (Wildman–Crippen MR) is 95.2 cm³/mol.